The Balaban J connectivity index is 1.68. The van der Waals surface area contributed by atoms with Crippen LogP contribution < -0.4 is 5.32 Å². The first-order valence-electron chi connectivity index (χ1n) is 7.35. The van der Waals surface area contributed by atoms with E-state index < -0.39 is 0 Å². The van der Waals surface area contributed by atoms with Gasteiger partial charge in [0.15, 0.2) is 0 Å². The van der Waals surface area contributed by atoms with Crippen LogP contribution in [-0.2, 0) is 16.0 Å². The summed E-state index contributed by atoms with van der Waals surface area (Å²) in [5, 5.41) is 2.77. The predicted octanol–water partition coefficient (Wildman–Crippen LogP) is 1.89. The quantitative estimate of drug-likeness (QED) is 0.834. The van der Waals surface area contributed by atoms with E-state index >= 15 is 0 Å². The highest BCUT2D eigenvalue weighted by Crippen LogP contribution is 2.26. The van der Waals surface area contributed by atoms with Crippen molar-refractivity contribution in [1.82, 2.24) is 10.2 Å². The molecule has 0 aromatic heterocycles. The van der Waals surface area contributed by atoms with E-state index in [1.165, 1.54) is 13.0 Å². The van der Waals surface area contributed by atoms with E-state index in [-0.39, 0.29) is 17.6 Å². The average Bonchev–Trinajstić information content (AvgIpc) is 3.25. The Hall–Kier alpha value is -1.91. The molecule has 2 amide bonds. The van der Waals surface area contributed by atoms with Crippen LogP contribution in [0.2, 0.25) is 0 Å². The third kappa shape index (κ3) is 4.85. The lowest BCUT2D eigenvalue weighted by Gasteiger charge is -2.20. The first-order chi connectivity index (χ1) is 10.1. The van der Waals surface area contributed by atoms with Gasteiger partial charge in [0.05, 0.1) is 0 Å². The number of carbonyl (C=O) groups excluding carboxylic acids is 2. The third-order valence-electron chi connectivity index (χ3n) is 3.65. The smallest absolute Gasteiger partial charge is 0.221 e. The molecule has 1 N–H and O–H groups in total. The summed E-state index contributed by atoms with van der Waals surface area (Å²) in [6.45, 7) is 2.41. The first kappa shape index (κ1) is 15.5. The minimum Gasteiger partial charge on any atom is -0.356 e. The number of nitrogens with zero attached hydrogens (tertiary/aromatic N) is 1. The Morgan fingerprint density at radius 1 is 1.33 bits per heavy atom. The highest BCUT2D eigenvalue weighted by molar-refractivity contribution is 5.78. The van der Waals surface area contributed by atoms with E-state index in [1.807, 2.05) is 0 Å². The molecule has 0 heterocycles. The van der Waals surface area contributed by atoms with Gasteiger partial charge in [0.1, 0.15) is 5.82 Å². The van der Waals surface area contributed by atoms with Crippen molar-refractivity contribution in [2.24, 2.45) is 0 Å². The number of hydrogen-bond donors (Lipinski definition) is 1. The van der Waals surface area contributed by atoms with Gasteiger partial charge in [-0.2, -0.15) is 0 Å². The summed E-state index contributed by atoms with van der Waals surface area (Å²) >= 11 is 0. The Labute approximate surface area is 124 Å². The SMILES string of the molecule is CC(=O)N(CCC(=O)NCCc1ccccc1F)C1CC1. The van der Waals surface area contributed by atoms with Crippen LogP contribution in [0, 0.1) is 5.82 Å². The van der Waals surface area contributed by atoms with Crippen molar-refractivity contribution in [3.05, 3.63) is 35.6 Å². The van der Waals surface area contributed by atoms with E-state index in [2.05, 4.69) is 5.32 Å². The van der Waals surface area contributed by atoms with Gasteiger partial charge in [-0.1, -0.05) is 18.2 Å². The molecule has 0 spiro atoms. The molecule has 1 fully saturated rings. The van der Waals surface area contributed by atoms with Crippen molar-refractivity contribution in [3.63, 3.8) is 0 Å². The lowest BCUT2D eigenvalue weighted by atomic mass is 10.1. The predicted molar refractivity (Wildman–Crippen MR) is 78.1 cm³/mol. The summed E-state index contributed by atoms with van der Waals surface area (Å²) in [5.41, 5.74) is 0.598. The molecule has 2 rings (SSSR count). The highest BCUT2D eigenvalue weighted by Gasteiger charge is 2.30. The highest BCUT2D eigenvalue weighted by atomic mass is 19.1. The second-order valence-electron chi connectivity index (χ2n) is 5.38. The number of amides is 2. The molecule has 21 heavy (non-hydrogen) atoms. The van der Waals surface area contributed by atoms with Crippen LogP contribution in [0.25, 0.3) is 0 Å². The zero-order valence-corrected chi connectivity index (χ0v) is 12.3. The van der Waals surface area contributed by atoms with Gasteiger partial charge in [-0.3, -0.25) is 9.59 Å². The Bertz CT molecular complexity index is 515. The lowest BCUT2D eigenvalue weighted by Crippen LogP contribution is -2.35. The maximum absolute atomic E-state index is 13.4. The molecular formula is C16H21FN2O2. The van der Waals surface area contributed by atoms with Crippen molar-refractivity contribution >= 4 is 11.8 Å². The van der Waals surface area contributed by atoms with Crippen LogP contribution in [0.3, 0.4) is 0 Å². The summed E-state index contributed by atoms with van der Waals surface area (Å²) in [5.74, 6) is -0.321. The van der Waals surface area contributed by atoms with Gasteiger partial charge in [0.2, 0.25) is 11.8 Å². The van der Waals surface area contributed by atoms with Crippen LogP contribution >= 0.6 is 0 Å². The molecule has 1 aromatic carbocycles. The van der Waals surface area contributed by atoms with Gasteiger partial charge >= 0.3 is 0 Å². The van der Waals surface area contributed by atoms with Crippen LogP contribution in [0.1, 0.15) is 31.7 Å². The molecule has 0 radical (unpaired) electrons. The summed E-state index contributed by atoms with van der Waals surface area (Å²) in [4.78, 5) is 24.9. The van der Waals surface area contributed by atoms with Crippen LogP contribution in [0.15, 0.2) is 24.3 Å². The second-order valence-corrected chi connectivity index (χ2v) is 5.38. The lowest BCUT2D eigenvalue weighted by molar-refractivity contribution is -0.130. The summed E-state index contributed by atoms with van der Waals surface area (Å²) in [7, 11) is 0. The number of carbonyl (C=O) groups is 2. The molecule has 0 atom stereocenters. The second kappa shape index (κ2) is 7.20. The normalized spacial score (nSPS) is 13.8. The van der Waals surface area contributed by atoms with E-state index in [4.69, 9.17) is 0 Å². The summed E-state index contributed by atoms with van der Waals surface area (Å²) in [6, 6.07) is 6.88. The fourth-order valence-corrected chi connectivity index (χ4v) is 2.33. The summed E-state index contributed by atoms with van der Waals surface area (Å²) < 4.78 is 13.4. The Kier molecular flexibility index (Phi) is 5.31. The largest absolute Gasteiger partial charge is 0.356 e. The van der Waals surface area contributed by atoms with Crippen molar-refractivity contribution in [2.45, 2.75) is 38.6 Å². The van der Waals surface area contributed by atoms with Gasteiger partial charge < -0.3 is 10.2 Å². The molecular weight excluding hydrogens is 271 g/mol. The van der Waals surface area contributed by atoms with Gasteiger partial charge in [-0.25, -0.2) is 4.39 Å². The number of nitrogens with one attached hydrogen (secondary N) is 1. The first-order valence-corrected chi connectivity index (χ1v) is 7.35. The fourth-order valence-electron chi connectivity index (χ4n) is 2.33. The van der Waals surface area contributed by atoms with E-state index in [0.29, 0.717) is 37.5 Å². The number of benzene rings is 1. The maximum Gasteiger partial charge on any atom is 0.221 e. The van der Waals surface area contributed by atoms with Crippen molar-refractivity contribution in [3.8, 4) is 0 Å². The molecule has 0 unspecified atom stereocenters. The molecule has 0 bridgehead atoms. The topological polar surface area (TPSA) is 49.4 Å². The molecule has 1 saturated carbocycles. The van der Waals surface area contributed by atoms with E-state index in [1.54, 1.807) is 23.1 Å². The Morgan fingerprint density at radius 3 is 2.67 bits per heavy atom. The Morgan fingerprint density at radius 2 is 2.05 bits per heavy atom. The van der Waals surface area contributed by atoms with Crippen LogP contribution in [-0.4, -0.2) is 35.8 Å². The number of rotatable bonds is 7. The van der Waals surface area contributed by atoms with Crippen molar-refractivity contribution < 1.29 is 14.0 Å². The summed E-state index contributed by atoms with van der Waals surface area (Å²) in [6.07, 6.45) is 2.84. The zero-order chi connectivity index (χ0) is 15.2. The van der Waals surface area contributed by atoms with Gasteiger partial charge in [0.25, 0.3) is 0 Å². The maximum atomic E-state index is 13.4. The van der Waals surface area contributed by atoms with Gasteiger partial charge in [-0.15, -0.1) is 0 Å². The molecule has 5 heteroatoms. The van der Waals surface area contributed by atoms with Crippen molar-refractivity contribution in [1.29, 1.82) is 0 Å². The van der Waals surface area contributed by atoms with Crippen LogP contribution in [0.4, 0.5) is 4.39 Å². The van der Waals surface area contributed by atoms with Crippen molar-refractivity contribution in [2.75, 3.05) is 13.1 Å². The standard InChI is InChI=1S/C16H21FN2O2/c1-12(20)19(14-6-7-14)11-9-16(21)18-10-8-13-4-2-3-5-15(13)17/h2-5,14H,6-11H2,1H3,(H,18,21). The molecule has 4 nitrogen and oxygen atoms in total. The monoisotopic (exact) mass is 292 g/mol. The van der Waals surface area contributed by atoms with E-state index in [0.717, 1.165) is 12.8 Å². The average molecular weight is 292 g/mol. The van der Waals surface area contributed by atoms with Gasteiger partial charge in [0, 0.05) is 32.5 Å². The fraction of sp³-hybridized carbons (Fsp3) is 0.500. The molecule has 0 saturated heterocycles. The molecule has 1 aromatic rings. The number of hydrogen-bond acceptors (Lipinski definition) is 2. The molecule has 1 aliphatic carbocycles. The zero-order valence-electron chi connectivity index (χ0n) is 12.3. The minimum atomic E-state index is -0.247. The number of halogens is 1. The minimum absolute atomic E-state index is 0.0247. The van der Waals surface area contributed by atoms with Crippen LogP contribution in [0.5, 0.6) is 0 Å². The van der Waals surface area contributed by atoms with Gasteiger partial charge in [-0.05, 0) is 30.9 Å². The van der Waals surface area contributed by atoms with E-state index in [9.17, 15) is 14.0 Å². The molecule has 1 aliphatic rings. The third-order valence-corrected chi connectivity index (χ3v) is 3.65. The molecule has 114 valence electrons. The molecule has 0 aliphatic heterocycles.